The summed E-state index contributed by atoms with van der Waals surface area (Å²) < 4.78 is 13.4. The Morgan fingerprint density at radius 3 is 2.58 bits per heavy atom. The molecule has 0 aliphatic carbocycles. The topological polar surface area (TPSA) is 85.9 Å². The molecular weight excluding hydrogens is 458 g/mol. The van der Waals surface area contributed by atoms with Gasteiger partial charge in [0.25, 0.3) is 0 Å². The number of rotatable bonds is 10. The van der Waals surface area contributed by atoms with Crippen LogP contribution in [0.3, 0.4) is 0 Å². The summed E-state index contributed by atoms with van der Waals surface area (Å²) >= 11 is 0. The van der Waals surface area contributed by atoms with Crippen LogP contribution < -0.4 is 14.4 Å². The lowest BCUT2D eigenvalue weighted by atomic mass is 10.1. The van der Waals surface area contributed by atoms with Crippen LogP contribution in [0.4, 0.5) is 11.5 Å². The van der Waals surface area contributed by atoms with Crippen molar-refractivity contribution in [3.05, 3.63) is 63.9 Å². The van der Waals surface area contributed by atoms with Crippen LogP contribution in [0, 0.1) is 10.1 Å². The second kappa shape index (κ2) is 12.1. The van der Waals surface area contributed by atoms with E-state index in [1.165, 1.54) is 23.0 Å². The Kier molecular flexibility index (Phi) is 8.64. The first-order valence-corrected chi connectivity index (χ1v) is 12.7. The monoisotopic (exact) mass is 495 g/mol. The molecular formula is C27H37N5O4. The van der Waals surface area contributed by atoms with Crippen molar-refractivity contribution >= 4 is 11.5 Å². The predicted molar refractivity (Wildman–Crippen MR) is 141 cm³/mol. The lowest BCUT2D eigenvalue weighted by Gasteiger charge is -2.35. The third-order valence-electron chi connectivity index (χ3n) is 6.68. The Hall–Kier alpha value is -3.33. The minimum absolute atomic E-state index is 0.183. The maximum Gasteiger partial charge on any atom is 0.414 e. The highest BCUT2D eigenvalue weighted by Gasteiger charge is 2.28. The zero-order valence-electron chi connectivity index (χ0n) is 21.6. The Morgan fingerprint density at radius 1 is 1.14 bits per heavy atom. The number of nitrogens with zero attached hydrogens (tertiary/aromatic N) is 5. The van der Waals surface area contributed by atoms with Gasteiger partial charge in [-0.25, -0.2) is 0 Å². The lowest BCUT2D eigenvalue weighted by molar-refractivity contribution is -0.389. The number of nitro groups is 1. The van der Waals surface area contributed by atoms with E-state index < -0.39 is 4.92 Å². The summed E-state index contributed by atoms with van der Waals surface area (Å²) in [5.41, 5.74) is 4.06. The minimum Gasteiger partial charge on any atom is -0.490 e. The van der Waals surface area contributed by atoms with Crippen molar-refractivity contribution in [2.45, 2.75) is 52.7 Å². The van der Waals surface area contributed by atoms with Crippen LogP contribution in [-0.2, 0) is 6.54 Å². The van der Waals surface area contributed by atoms with Crippen LogP contribution in [-0.4, -0.2) is 64.8 Å². The van der Waals surface area contributed by atoms with Gasteiger partial charge in [-0.05, 0) is 62.8 Å². The van der Waals surface area contributed by atoms with Crippen LogP contribution in [0.2, 0.25) is 0 Å². The Balaban J connectivity index is 1.19. The highest BCUT2D eigenvalue weighted by molar-refractivity contribution is 5.49. The summed E-state index contributed by atoms with van der Waals surface area (Å²) in [5, 5.41) is 10.9. The van der Waals surface area contributed by atoms with E-state index in [9.17, 15) is 10.1 Å². The summed E-state index contributed by atoms with van der Waals surface area (Å²) in [7, 11) is 0. The van der Waals surface area contributed by atoms with Gasteiger partial charge in [0.15, 0.2) is 0 Å². The first-order chi connectivity index (χ1) is 17.4. The average Bonchev–Trinajstić information content (AvgIpc) is 3.31. The molecule has 0 spiro atoms. The van der Waals surface area contributed by atoms with Crippen LogP contribution in [0.5, 0.6) is 11.8 Å². The van der Waals surface area contributed by atoms with Crippen LogP contribution in [0.15, 0.2) is 53.8 Å². The third-order valence-corrected chi connectivity index (χ3v) is 6.68. The van der Waals surface area contributed by atoms with Gasteiger partial charge in [0.05, 0.1) is 0 Å². The molecule has 1 atom stereocenters. The smallest absolute Gasteiger partial charge is 0.414 e. The molecule has 2 aliphatic heterocycles. The molecule has 1 saturated heterocycles. The number of fused-ring (bicyclic) bond motifs is 1. The Bertz CT molecular complexity index is 1080. The van der Waals surface area contributed by atoms with Gasteiger partial charge in [0.1, 0.15) is 24.7 Å². The van der Waals surface area contributed by atoms with E-state index in [1.54, 1.807) is 4.57 Å². The van der Waals surface area contributed by atoms with Crippen LogP contribution >= 0.6 is 0 Å². The SMILES string of the molecule is CC(C)=CCCC(C)=CCN1CCN(c2ccc(OCC3CCn4cc([N+](=O)[O-])nc4O3)cc2)CC1. The molecule has 0 amide bonds. The van der Waals surface area contributed by atoms with Gasteiger partial charge in [-0.15, -0.1) is 0 Å². The molecule has 1 unspecified atom stereocenters. The molecule has 1 fully saturated rings. The highest BCUT2D eigenvalue weighted by Crippen LogP contribution is 2.25. The quantitative estimate of drug-likeness (QED) is 0.265. The zero-order valence-corrected chi connectivity index (χ0v) is 21.6. The Morgan fingerprint density at radius 2 is 1.89 bits per heavy atom. The number of aromatic nitrogens is 2. The normalized spacial score (nSPS) is 18.4. The summed E-state index contributed by atoms with van der Waals surface area (Å²) in [5.74, 6) is 0.597. The van der Waals surface area contributed by atoms with E-state index in [-0.39, 0.29) is 17.9 Å². The average molecular weight is 496 g/mol. The molecule has 0 bridgehead atoms. The molecule has 9 heteroatoms. The fourth-order valence-corrected chi connectivity index (χ4v) is 4.44. The van der Waals surface area contributed by atoms with Crippen molar-refractivity contribution in [1.29, 1.82) is 0 Å². The number of hydrogen-bond acceptors (Lipinski definition) is 7. The van der Waals surface area contributed by atoms with Crippen molar-refractivity contribution in [3.63, 3.8) is 0 Å². The van der Waals surface area contributed by atoms with E-state index in [0.717, 1.165) is 51.3 Å². The second-order valence-electron chi connectivity index (χ2n) is 9.82. The van der Waals surface area contributed by atoms with Crippen molar-refractivity contribution < 1.29 is 14.4 Å². The van der Waals surface area contributed by atoms with E-state index in [0.29, 0.717) is 19.6 Å². The number of imidazole rings is 1. The molecule has 0 N–H and O–H groups in total. The van der Waals surface area contributed by atoms with Gasteiger partial charge < -0.3 is 24.5 Å². The van der Waals surface area contributed by atoms with Gasteiger partial charge in [-0.2, -0.15) is 0 Å². The van der Waals surface area contributed by atoms with E-state index >= 15 is 0 Å². The molecule has 0 saturated carbocycles. The van der Waals surface area contributed by atoms with Gasteiger partial charge in [-0.3, -0.25) is 9.47 Å². The van der Waals surface area contributed by atoms with Crippen molar-refractivity contribution in [2.75, 3.05) is 44.2 Å². The van der Waals surface area contributed by atoms with Crippen LogP contribution in [0.1, 0.15) is 40.0 Å². The molecule has 3 heterocycles. The van der Waals surface area contributed by atoms with E-state index in [1.807, 2.05) is 12.1 Å². The number of anilines is 1. The molecule has 2 aromatic rings. The number of ether oxygens (including phenoxy) is 2. The number of piperazine rings is 1. The number of allylic oxidation sites excluding steroid dienone is 3. The van der Waals surface area contributed by atoms with Crippen molar-refractivity contribution in [3.8, 4) is 11.8 Å². The fraction of sp³-hybridized carbons (Fsp3) is 0.519. The summed E-state index contributed by atoms with van der Waals surface area (Å²) in [4.78, 5) is 19.3. The number of aryl methyl sites for hydroxylation is 1. The van der Waals surface area contributed by atoms with Gasteiger partial charge in [0.2, 0.25) is 0 Å². The van der Waals surface area contributed by atoms with Gasteiger partial charge in [-0.1, -0.05) is 23.3 Å². The highest BCUT2D eigenvalue weighted by atomic mass is 16.6. The molecule has 1 aromatic carbocycles. The van der Waals surface area contributed by atoms with Crippen molar-refractivity contribution in [1.82, 2.24) is 14.5 Å². The predicted octanol–water partition coefficient (Wildman–Crippen LogP) is 4.84. The molecule has 2 aliphatic rings. The third kappa shape index (κ3) is 7.10. The van der Waals surface area contributed by atoms with Gasteiger partial charge in [0, 0.05) is 56.4 Å². The zero-order chi connectivity index (χ0) is 25.5. The summed E-state index contributed by atoms with van der Waals surface area (Å²) in [6.45, 7) is 12.7. The second-order valence-corrected chi connectivity index (χ2v) is 9.82. The maximum absolute atomic E-state index is 10.9. The fourth-order valence-electron chi connectivity index (χ4n) is 4.44. The largest absolute Gasteiger partial charge is 0.490 e. The van der Waals surface area contributed by atoms with E-state index in [2.05, 4.69) is 59.8 Å². The van der Waals surface area contributed by atoms with E-state index in [4.69, 9.17) is 9.47 Å². The Labute approximate surface area is 213 Å². The first kappa shape index (κ1) is 25.8. The molecule has 194 valence electrons. The maximum atomic E-state index is 10.9. The molecule has 9 nitrogen and oxygen atoms in total. The minimum atomic E-state index is -0.506. The summed E-state index contributed by atoms with van der Waals surface area (Å²) in [6, 6.07) is 8.49. The molecule has 4 rings (SSSR count). The number of benzene rings is 1. The molecule has 36 heavy (non-hydrogen) atoms. The molecule has 0 radical (unpaired) electrons. The summed E-state index contributed by atoms with van der Waals surface area (Å²) in [6.07, 6.45) is 8.90. The standard InChI is InChI=1S/C27H37N5O4/c1-21(2)5-4-6-22(3)11-13-29-15-17-30(18-16-29)23-7-9-24(10-8-23)35-20-25-12-14-31-19-26(32(33)34)28-27(31)36-25/h5,7-11,19,25H,4,6,12-18,20H2,1-3H3. The van der Waals surface area contributed by atoms with Gasteiger partial charge >= 0.3 is 11.8 Å². The van der Waals surface area contributed by atoms with Crippen molar-refractivity contribution in [2.24, 2.45) is 0 Å². The lowest BCUT2D eigenvalue weighted by Crippen LogP contribution is -2.46. The first-order valence-electron chi connectivity index (χ1n) is 12.7. The number of hydrogen-bond donors (Lipinski definition) is 0. The molecule has 1 aromatic heterocycles. The van der Waals surface area contributed by atoms with Crippen LogP contribution in [0.25, 0.3) is 0 Å².